The third-order valence-corrected chi connectivity index (χ3v) is 5.40. The third-order valence-electron chi connectivity index (χ3n) is 2.18. The first-order chi connectivity index (χ1) is 10.8. The maximum Gasteiger partial charge on any atom is 0.0267 e. The second kappa shape index (κ2) is 21.6. The van der Waals surface area contributed by atoms with Gasteiger partial charge in [0.25, 0.3) is 0 Å². The van der Waals surface area contributed by atoms with Crippen molar-refractivity contribution in [3.8, 4) is 0 Å². The molecule has 23 heavy (non-hydrogen) atoms. The maximum absolute atomic E-state index is 10.1. The van der Waals surface area contributed by atoms with Gasteiger partial charge in [0.1, 0.15) is 0 Å². The molecule has 0 radical (unpaired) electrons. The van der Waals surface area contributed by atoms with Gasteiger partial charge in [0.15, 0.2) is 0 Å². The van der Waals surface area contributed by atoms with Crippen molar-refractivity contribution < 1.29 is 48.8 Å². The van der Waals surface area contributed by atoms with Crippen LogP contribution in [0.4, 0.5) is 0 Å². The van der Waals surface area contributed by atoms with Crippen LogP contribution >= 0.6 is 7.59 Å². The van der Waals surface area contributed by atoms with Crippen LogP contribution in [-0.2, 0) is 23.2 Å². The first-order valence-corrected chi connectivity index (χ1v) is 8.32. The molecule has 5 N–H and O–H groups in total. The van der Waals surface area contributed by atoms with Crippen molar-refractivity contribution >= 4 is 7.59 Å². The smallest absolute Gasteiger partial charge is 0.0267 e. The van der Waals surface area contributed by atoms with Gasteiger partial charge in [-0.2, -0.15) is 14.0 Å². The average Bonchev–Trinajstić information content (AvgIpc) is 2.61. The van der Waals surface area contributed by atoms with Gasteiger partial charge >= 0.3 is 30.8 Å². The molecule has 0 aliphatic carbocycles. The van der Waals surface area contributed by atoms with Gasteiger partial charge < -0.3 is 0 Å². The van der Waals surface area contributed by atoms with Crippen molar-refractivity contribution in [2.24, 2.45) is 0 Å². The standard InChI is InChI=1S/C6H18N3OP.C5H5N.Mo.2H2O2.O/c1-7(2)11(10,8(3)4)9(5)6;1-2-4-6-5-3-1;;2*1-2;/h1-6H3;1-5H;;2*1-2H;/p+1. The predicted molar refractivity (Wildman–Crippen MR) is 85.4 cm³/mol. The molecule has 0 saturated heterocycles. The molecule has 0 aromatic carbocycles. The fourth-order valence-electron chi connectivity index (χ4n) is 1.39. The van der Waals surface area contributed by atoms with E-state index in [9.17, 15) is 4.57 Å². The number of aromatic nitrogens is 1. The summed E-state index contributed by atoms with van der Waals surface area (Å²) in [7, 11) is 9.11. The Hall–Kier alpha value is -0.412. The Balaban J connectivity index is -0.000000126. The van der Waals surface area contributed by atoms with E-state index in [0.717, 1.165) is 0 Å². The molecule has 0 bridgehead atoms. The molecule has 12 heteroatoms. The average molecular weight is 439 g/mol. The van der Waals surface area contributed by atoms with Crippen LogP contribution in [0, 0.1) is 0 Å². The summed E-state index contributed by atoms with van der Waals surface area (Å²) in [6.07, 6.45) is 3.50. The molecule has 10 nitrogen and oxygen atoms in total. The van der Waals surface area contributed by atoms with Crippen molar-refractivity contribution in [1.29, 1.82) is 0 Å². The van der Waals surface area contributed by atoms with E-state index < -0.39 is 7.59 Å². The molecule has 1 heterocycles. The molecule has 138 valence electrons. The van der Waals surface area contributed by atoms with Crippen LogP contribution in [0.2, 0.25) is 0 Å². The minimum Gasteiger partial charge on any atom is -0.265 e. The molecular weight excluding hydrogens is 411 g/mol. The molecular formula is C11H28MoN4O6P+. The largest absolute Gasteiger partial charge is 0.265 e. The van der Waals surface area contributed by atoms with E-state index in [0.29, 0.717) is 19.8 Å². The zero-order valence-corrected chi connectivity index (χ0v) is 17.1. The topological polar surface area (TPSA) is 142 Å². The predicted octanol–water partition coefficient (Wildman–Crippen LogP) is 1.72. The van der Waals surface area contributed by atoms with Crippen LogP contribution < -0.4 is 0 Å². The first-order valence-electron chi connectivity index (χ1n) is 5.90. The summed E-state index contributed by atoms with van der Waals surface area (Å²) in [4.78, 5) is 3.78. The Labute approximate surface area is 148 Å². The van der Waals surface area contributed by atoms with E-state index in [1.165, 1.54) is 0 Å². The van der Waals surface area contributed by atoms with E-state index in [4.69, 9.17) is 24.4 Å². The Bertz CT molecular complexity index is 318. The zero-order chi connectivity index (χ0) is 19.5. The number of rotatable bonds is 3. The molecule has 1 aromatic heterocycles. The van der Waals surface area contributed by atoms with E-state index in [-0.39, 0.29) is 0 Å². The van der Waals surface area contributed by atoms with Crippen LogP contribution in [0.3, 0.4) is 0 Å². The fraction of sp³-hybridized carbons (Fsp3) is 0.545. The number of hydrogen-bond acceptors (Lipinski definition) is 6. The molecule has 0 saturated carbocycles. The minimum absolute atomic E-state index is 0.700. The number of pyridine rings is 1. The number of nitrogens with zero attached hydrogens (tertiary/aromatic N) is 4. The van der Waals surface area contributed by atoms with Gasteiger partial charge in [-0.1, -0.05) is 6.07 Å². The van der Waals surface area contributed by atoms with Crippen molar-refractivity contribution in [2.45, 2.75) is 0 Å². The molecule has 0 unspecified atom stereocenters. The van der Waals surface area contributed by atoms with Crippen molar-refractivity contribution in [3.63, 3.8) is 0 Å². The summed E-state index contributed by atoms with van der Waals surface area (Å²) in [5.41, 5.74) is 0. The molecule has 0 aliphatic heterocycles. The fourth-order valence-corrected chi connectivity index (χ4v) is 3.53. The van der Waals surface area contributed by atoms with Crippen LogP contribution in [0.1, 0.15) is 0 Å². The van der Waals surface area contributed by atoms with Gasteiger partial charge in [0, 0.05) is 54.7 Å². The Morgan fingerprint density at radius 1 is 0.783 bits per heavy atom. The van der Waals surface area contributed by atoms with Crippen LogP contribution in [0.15, 0.2) is 30.6 Å². The molecule has 0 aliphatic rings. The molecule has 0 spiro atoms. The van der Waals surface area contributed by atoms with E-state index in [1.807, 2.05) is 74.5 Å². The maximum atomic E-state index is 10.1. The summed E-state index contributed by atoms with van der Waals surface area (Å²) in [5.74, 6) is 0. The second-order valence-electron chi connectivity index (χ2n) is 4.10. The van der Waals surface area contributed by atoms with E-state index >= 15 is 0 Å². The third kappa shape index (κ3) is 14.9. The second-order valence-corrected chi connectivity index (χ2v) is 7.58. The van der Waals surface area contributed by atoms with Gasteiger partial charge in [0.2, 0.25) is 0 Å². The Morgan fingerprint density at radius 3 is 1.09 bits per heavy atom. The SMILES string of the molecule is CN(C)P(=[OH+])(N(C)C)N(C)C.OO.OO.[O]=[Mo].c1ccncc1. The molecule has 0 atom stereocenters. The van der Waals surface area contributed by atoms with E-state index in [1.54, 1.807) is 12.4 Å². The van der Waals surface area contributed by atoms with Crippen LogP contribution in [0.5, 0.6) is 0 Å². The molecule has 0 fully saturated rings. The van der Waals surface area contributed by atoms with Crippen LogP contribution in [0.25, 0.3) is 0 Å². The summed E-state index contributed by atoms with van der Waals surface area (Å²) >= 11 is 0.700. The Morgan fingerprint density at radius 2 is 1.04 bits per heavy atom. The summed E-state index contributed by atoms with van der Waals surface area (Å²) in [6.45, 7) is 0. The first kappa shape index (κ1) is 30.5. The van der Waals surface area contributed by atoms with Gasteiger partial charge in [-0.3, -0.25) is 30.6 Å². The van der Waals surface area contributed by atoms with Gasteiger partial charge in [-0.05, 0) is 12.1 Å². The van der Waals surface area contributed by atoms with Crippen molar-refractivity contribution in [1.82, 2.24) is 19.0 Å². The minimum atomic E-state index is -2.19. The molecule has 1 rings (SSSR count). The van der Waals surface area contributed by atoms with Crippen molar-refractivity contribution in [3.05, 3.63) is 30.6 Å². The van der Waals surface area contributed by atoms with Gasteiger partial charge in [0.05, 0.1) is 0 Å². The summed E-state index contributed by atoms with van der Waals surface area (Å²) < 4.78 is 24.0. The monoisotopic (exact) mass is 441 g/mol. The number of hydrogen-bond donors (Lipinski definition) is 4. The normalized spacial score (nSPS) is 9.26. The van der Waals surface area contributed by atoms with Crippen molar-refractivity contribution in [2.75, 3.05) is 42.3 Å². The summed E-state index contributed by atoms with van der Waals surface area (Å²) in [6, 6.07) is 5.72. The van der Waals surface area contributed by atoms with Gasteiger partial charge in [-0.15, -0.1) is 0 Å². The quantitative estimate of drug-likeness (QED) is 0.182. The zero-order valence-electron chi connectivity index (χ0n) is 14.2. The Kier molecular flexibility index (Phi) is 28.6. The summed E-state index contributed by atoms with van der Waals surface area (Å²) in [5, 5.41) is 24.0. The molecule has 0 amide bonds. The van der Waals surface area contributed by atoms with E-state index in [2.05, 4.69) is 4.98 Å². The molecule has 1 aromatic rings. The van der Waals surface area contributed by atoms with Gasteiger partial charge in [-0.25, -0.2) is 0 Å². The van der Waals surface area contributed by atoms with Crippen LogP contribution in [-0.4, -0.2) is 86.9 Å².